The highest BCUT2D eigenvalue weighted by molar-refractivity contribution is 5.91. The molecular weight excluding hydrogens is 268 g/mol. The maximum absolute atomic E-state index is 11.8. The first-order chi connectivity index (χ1) is 10.2. The lowest BCUT2D eigenvalue weighted by Crippen LogP contribution is -2.22. The third kappa shape index (κ3) is 3.00. The summed E-state index contributed by atoms with van der Waals surface area (Å²) in [5.74, 6) is 1.52. The fourth-order valence-corrected chi connectivity index (χ4v) is 1.89. The van der Waals surface area contributed by atoms with E-state index < -0.39 is 0 Å². The summed E-state index contributed by atoms with van der Waals surface area (Å²) >= 11 is 0. The number of aromatic nitrogens is 3. The third-order valence-corrected chi connectivity index (χ3v) is 2.97. The van der Waals surface area contributed by atoms with Crippen molar-refractivity contribution in [1.29, 1.82) is 0 Å². The first kappa shape index (κ1) is 13.1. The maximum atomic E-state index is 11.8. The summed E-state index contributed by atoms with van der Waals surface area (Å²) in [5.41, 5.74) is 0.905. The van der Waals surface area contributed by atoms with Gasteiger partial charge in [0.1, 0.15) is 5.76 Å². The molecule has 3 aromatic rings. The topological polar surface area (TPSA) is 73.0 Å². The van der Waals surface area contributed by atoms with Crippen molar-refractivity contribution in [2.75, 3.05) is 0 Å². The van der Waals surface area contributed by atoms with Crippen LogP contribution in [0.3, 0.4) is 0 Å². The molecule has 0 aliphatic heterocycles. The minimum atomic E-state index is -0.237. The van der Waals surface area contributed by atoms with E-state index in [-0.39, 0.29) is 5.91 Å². The number of amides is 1. The van der Waals surface area contributed by atoms with Gasteiger partial charge in [-0.3, -0.25) is 4.79 Å². The summed E-state index contributed by atoms with van der Waals surface area (Å²) in [5, 5.41) is 6.89. The number of pyridine rings is 1. The Morgan fingerprint density at radius 3 is 2.86 bits per heavy atom. The second kappa shape index (κ2) is 5.62. The Balaban J connectivity index is 1.62. The van der Waals surface area contributed by atoms with Crippen LogP contribution >= 0.6 is 0 Å². The molecule has 6 heteroatoms. The van der Waals surface area contributed by atoms with E-state index in [0.717, 1.165) is 11.4 Å². The van der Waals surface area contributed by atoms with E-state index in [1.165, 1.54) is 0 Å². The molecule has 0 bridgehead atoms. The van der Waals surface area contributed by atoms with Gasteiger partial charge < -0.3 is 9.73 Å². The molecule has 3 aromatic heterocycles. The first-order valence-corrected chi connectivity index (χ1v) is 6.52. The molecule has 3 rings (SSSR count). The SMILES string of the molecule is Cc1ccc(C(=O)NCc2ccc(-n3cccn3)nc2)o1. The van der Waals surface area contributed by atoms with Crippen molar-refractivity contribution in [2.45, 2.75) is 13.5 Å². The molecule has 21 heavy (non-hydrogen) atoms. The summed E-state index contributed by atoms with van der Waals surface area (Å²) in [7, 11) is 0. The van der Waals surface area contributed by atoms with Crippen molar-refractivity contribution in [2.24, 2.45) is 0 Å². The number of nitrogens with zero attached hydrogens (tertiary/aromatic N) is 3. The number of carbonyl (C=O) groups is 1. The van der Waals surface area contributed by atoms with Gasteiger partial charge in [0.05, 0.1) is 0 Å². The Morgan fingerprint density at radius 2 is 2.24 bits per heavy atom. The van der Waals surface area contributed by atoms with E-state index >= 15 is 0 Å². The zero-order valence-electron chi connectivity index (χ0n) is 11.5. The number of nitrogens with one attached hydrogen (secondary N) is 1. The number of rotatable bonds is 4. The fraction of sp³-hybridized carbons (Fsp3) is 0.133. The third-order valence-electron chi connectivity index (χ3n) is 2.97. The van der Waals surface area contributed by atoms with Crippen LogP contribution in [0, 0.1) is 6.92 Å². The van der Waals surface area contributed by atoms with Crippen molar-refractivity contribution >= 4 is 5.91 Å². The normalized spacial score (nSPS) is 10.5. The molecule has 0 aliphatic carbocycles. The Bertz CT molecular complexity index is 729. The molecule has 0 aromatic carbocycles. The van der Waals surface area contributed by atoms with Gasteiger partial charge in [-0.25, -0.2) is 9.67 Å². The lowest BCUT2D eigenvalue weighted by molar-refractivity contribution is 0.0922. The monoisotopic (exact) mass is 282 g/mol. The van der Waals surface area contributed by atoms with Crippen LogP contribution in [0.1, 0.15) is 21.9 Å². The highest BCUT2D eigenvalue weighted by Gasteiger charge is 2.09. The summed E-state index contributed by atoms with van der Waals surface area (Å²) in [6.07, 6.45) is 5.23. The number of carbonyl (C=O) groups excluding carboxylic acids is 1. The zero-order valence-corrected chi connectivity index (χ0v) is 11.5. The molecule has 106 valence electrons. The standard InChI is InChI=1S/C15H14N4O2/c1-11-3-5-13(21-11)15(20)17-10-12-4-6-14(16-9-12)19-8-2-7-18-19/h2-9H,10H2,1H3,(H,17,20). The summed E-state index contributed by atoms with van der Waals surface area (Å²) < 4.78 is 6.94. The van der Waals surface area contributed by atoms with Crippen molar-refractivity contribution in [3.8, 4) is 5.82 Å². The highest BCUT2D eigenvalue weighted by Crippen LogP contribution is 2.07. The molecule has 0 radical (unpaired) electrons. The number of furan rings is 1. The van der Waals surface area contributed by atoms with E-state index in [1.807, 2.05) is 24.4 Å². The Kier molecular flexibility index (Phi) is 3.51. The second-order valence-corrected chi connectivity index (χ2v) is 4.57. The van der Waals surface area contributed by atoms with E-state index in [9.17, 15) is 4.79 Å². The summed E-state index contributed by atoms with van der Waals surface area (Å²) in [4.78, 5) is 16.1. The highest BCUT2D eigenvalue weighted by atomic mass is 16.3. The molecule has 0 spiro atoms. The van der Waals surface area contributed by atoms with E-state index in [0.29, 0.717) is 18.1 Å². The smallest absolute Gasteiger partial charge is 0.287 e. The van der Waals surface area contributed by atoms with Gasteiger partial charge in [0.15, 0.2) is 11.6 Å². The molecule has 1 amide bonds. The molecule has 3 heterocycles. The molecule has 0 saturated heterocycles. The minimum absolute atomic E-state index is 0.237. The van der Waals surface area contributed by atoms with Gasteiger partial charge in [-0.1, -0.05) is 6.07 Å². The Labute approximate surface area is 121 Å². The van der Waals surface area contributed by atoms with Crippen LogP contribution in [0.5, 0.6) is 0 Å². The van der Waals surface area contributed by atoms with Crippen LogP contribution in [0.2, 0.25) is 0 Å². The zero-order chi connectivity index (χ0) is 14.7. The van der Waals surface area contributed by atoms with Crippen molar-refractivity contribution in [1.82, 2.24) is 20.1 Å². The average molecular weight is 282 g/mol. The van der Waals surface area contributed by atoms with Gasteiger partial charge in [-0.2, -0.15) is 5.10 Å². The predicted octanol–water partition coefficient (Wildman–Crippen LogP) is 2.10. The van der Waals surface area contributed by atoms with Crippen molar-refractivity contribution < 1.29 is 9.21 Å². The number of aryl methyl sites for hydroxylation is 1. The van der Waals surface area contributed by atoms with Gasteiger partial charge in [-0.05, 0) is 36.8 Å². The van der Waals surface area contributed by atoms with E-state index in [1.54, 1.807) is 36.1 Å². The number of hydrogen-bond donors (Lipinski definition) is 1. The van der Waals surface area contributed by atoms with Crippen LogP contribution in [0.15, 0.2) is 53.3 Å². The van der Waals surface area contributed by atoms with E-state index in [4.69, 9.17) is 4.42 Å². The van der Waals surface area contributed by atoms with E-state index in [2.05, 4.69) is 15.4 Å². The van der Waals surface area contributed by atoms with Crippen LogP contribution in [-0.4, -0.2) is 20.7 Å². The molecular formula is C15H14N4O2. The van der Waals surface area contributed by atoms with Gasteiger partial charge in [0.2, 0.25) is 0 Å². The lowest BCUT2D eigenvalue weighted by Gasteiger charge is -2.05. The van der Waals surface area contributed by atoms with Gasteiger partial charge in [0.25, 0.3) is 5.91 Å². The van der Waals surface area contributed by atoms with Crippen LogP contribution in [0.25, 0.3) is 5.82 Å². The van der Waals surface area contributed by atoms with Crippen molar-refractivity contribution in [3.63, 3.8) is 0 Å². The lowest BCUT2D eigenvalue weighted by atomic mass is 10.2. The minimum Gasteiger partial charge on any atom is -0.456 e. The van der Waals surface area contributed by atoms with Crippen LogP contribution in [0.4, 0.5) is 0 Å². The predicted molar refractivity (Wildman–Crippen MR) is 76.0 cm³/mol. The molecule has 1 N–H and O–H groups in total. The molecule has 6 nitrogen and oxygen atoms in total. The molecule has 0 unspecified atom stereocenters. The largest absolute Gasteiger partial charge is 0.456 e. The first-order valence-electron chi connectivity index (χ1n) is 6.52. The fourth-order valence-electron chi connectivity index (χ4n) is 1.89. The molecule has 0 aliphatic rings. The maximum Gasteiger partial charge on any atom is 0.287 e. The molecule has 0 fully saturated rings. The molecule has 0 saturated carbocycles. The van der Waals surface area contributed by atoms with Crippen LogP contribution in [-0.2, 0) is 6.54 Å². The Morgan fingerprint density at radius 1 is 1.33 bits per heavy atom. The summed E-state index contributed by atoms with van der Waals surface area (Å²) in [6.45, 7) is 2.19. The second-order valence-electron chi connectivity index (χ2n) is 4.57. The van der Waals surface area contributed by atoms with Crippen molar-refractivity contribution in [3.05, 3.63) is 66.0 Å². The van der Waals surface area contributed by atoms with Gasteiger partial charge in [-0.15, -0.1) is 0 Å². The van der Waals surface area contributed by atoms with Gasteiger partial charge >= 0.3 is 0 Å². The van der Waals surface area contributed by atoms with Crippen LogP contribution < -0.4 is 5.32 Å². The quantitative estimate of drug-likeness (QED) is 0.795. The average Bonchev–Trinajstić information content (AvgIpc) is 3.16. The molecule has 0 atom stereocenters. The summed E-state index contributed by atoms with van der Waals surface area (Å²) in [6, 6.07) is 9.00. The number of hydrogen-bond acceptors (Lipinski definition) is 4. The Hall–Kier alpha value is -2.89. The van der Waals surface area contributed by atoms with Gasteiger partial charge in [0, 0.05) is 25.1 Å².